The Bertz CT molecular complexity index is 1420. The fourth-order valence-electron chi connectivity index (χ4n) is 4.16. The Morgan fingerprint density at radius 2 is 1.57 bits per heavy atom. The monoisotopic (exact) mass is 603 g/mol. The largest absolute Gasteiger partial charge is 0.352 e. The Labute approximate surface area is 247 Å². The van der Waals surface area contributed by atoms with Crippen LogP contribution < -0.4 is 9.62 Å². The zero-order valence-corrected chi connectivity index (χ0v) is 25.4. The third-order valence-corrected chi connectivity index (χ3v) is 8.98. The summed E-state index contributed by atoms with van der Waals surface area (Å²) >= 11 is 12.7. The Morgan fingerprint density at radius 1 is 0.925 bits per heavy atom. The molecule has 0 spiro atoms. The van der Waals surface area contributed by atoms with Crippen LogP contribution in [0.3, 0.4) is 0 Å². The van der Waals surface area contributed by atoms with Crippen LogP contribution in [0.25, 0.3) is 0 Å². The summed E-state index contributed by atoms with van der Waals surface area (Å²) in [4.78, 5) is 28.9. The van der Waals surface area contributed by atoms with Crippen LogP contribution >= 0.6 is 23.2 Å². The number of hydrogen-bond acceptors (Lipinski definition) is 4. The number of carbonyl (C=O) groups is 2. The summed E-state index contributed by atoms with van der Waals surface area (Å²) < 4.78 is 28.7. The molecule has 2 amide bonds. The minimum atomic E-state index is -4.23. The Kier molecular flexibility index (Phi) is 11.0. The van der Waals surface area contributed by atoms with E-state index in [1.165, 1.54) is 29.2 Å². The summed E-state index contributed by atoms with van der Waals surface area (Å²) in [7, 11) is -4.23. The molecule has 0 heterocycles. The van der Waals surface area contributed by atoms with Crippen LogP contribution in [0.4, 0.5) is 5.69 Å². The van der Waals surface area contributed by atoms with Crippen molar-refractivity contribution in [2.75, 3.05) is 10.8 Å². The van der Waals surface area contributed by atoms with Crippen molar-refractivity contribution < 1.29 is 18.0 Å². The van der Waals surface area contributed by atoms with Crippen molar-refractivity contribution in [3.63, 3.8) is 0 Å². The van der Waals surface area contributed by atoms with Gasteiger partial charge in [0, 0.05) is 17.6 Å². The summed E-state index contributed by atoms with van der Waals surface area (Å²) in [6.07, 6.45) is 1.06. The van der Waals surface area contributed by atoms with Gasteiger partial charge in [-0.05, 0) is 62.6 Å². The van der Waals surface area contributed by atoms with Gasteiger partial charge in [-0.25, -0.2) is 8.42 Å². The van der Waals surface area contributed by atoms with Crippen molar-refractivity contribution >= 4 is 50.7 Å². The molecule has 1 N–H and O–H groups in total. The first-order valence-corrected chi connectivity index (χ1v) is 15.4. The van der Waals surface area contributed by atoms with Crippen molar-refractivity contribution in [2.24, 2.45) is 0 Å². The molecular formula is C30H35Cl2N3O4S. The number of aryl methyl sites for hydroxylation is 1. The maximum Gasteiger partial charge on any atom is 0.264 e. The number of carbonyl (C=O) groups excluding carboxylic acids is 2. The van der Waals surface area contributed by atoms with Crippen molar-refractivity contribution in [1.82, 2.24) is 10.2 Å². The number of nitrogens with zero attached hydrogens (tertiary/aromatic N) is 2. The first kappa shape index (κ1) is 31.5. The molecule has 0 saturated heterocycles. The molecule has 0 saturated carbocycles. The van der Waals surface area contributed by atoms with Gasteiger partial charge in [0.25, 0.3) is 10.0 Å². The van der Waals surface area contributed by atoms with E-state index in [4.69, 9.17) is 23.2 Å². The number of anilines is 1. The number of nitrogens with one attached hydrogen (secondary N) is 1. The molecule has 3 aromatic carbocycles. The summed E-state index contributed by atoms with van der Waals surface area (Å²) in [5.41, 5.74) is 1.93. The van der Waals surface area contributed by atoms with Gasteiger partial charge in [-0.3, -0.25) is 13.9 Å². The number of benzene rings is 3. The minimum Gasteiger partial charge on any atom is -0.352 e. The molecule has 7 nitrogen and oxygen atoms in total. The van der Waals surface area contributed by atoms with E-state index in [9.17, 15) is 18.0 Å². The average Bonchev–Trinajstić information content (AvgIpc) is 2.94. The van der Waals surface area contributed by atoms with E-state index in [1.807, 2.05) is 52.0 Å². The molecule has 214 valence electrons. The van der Waals surface area contributed by atoms with E-state index in [1.54, 1.807) is 24.3 Å². The predicted octanol–water partition coefficient (Wildman–Crippen LogP) is 6.22. The van der Waals surface area contributed by atoms with E-state index in [2.05, 4.69) is 5.32 Å². The van der Waals surface area contributed by atoms with E-state index in [0.29, 0.717) is 6.42 Å². The number of hydrogen-bond donors (Lipinski definition) is 1. The Hall–Kier alpha value is -3.07. The van der Waals surface area contributed by atoms with Crippen LogP contribution in [-0.2, 0) is 26.2 Å². The lowest BCUT2D eigenvalue weighted by Gasteiger charge is -2.34. The molecule has 0 aliphatic rings. The summed E-state index contributed by atoms with van der Waals surface area (Å²) in [5, 5.41) is 3.34. The summed E-state index contributed by atoms with van der Waals surface area (Å²) in [5.74, 6) is -0.849. The quantitative estimate of drug-likeness (QED) is 0.266. The fourth-order valence-corrected chi connectivity index (χ4v) is 6.04. The van der Waals surface area contributed by atoms with Crippen LogP contribution in [0.15, 0.2) is 77.7 Å². The van der Waals surface area contributed by atoms with Gasteiger partial charge < -0.3 is 10.2 Å². The number of sulfonamides is 1. The van der Waals surface area contributed by atoms with Crippen LogP contribution in [0.1, 0.15) is 44.7 Å². The van der Waals surface area contributed by atoms with Crippen molar-refractivity contribution in [3.05, 3.63) is 94.0 Å². The van der Waals surface area contributed by atoms with Gasteiger partial charge in [-0.15, -0.1) is 0 Å². The molecule has 0 aliphatic heterocycles. The Balaban J connectivity index is 2.08. The summed E-state index contributed by atoms with van der Waals surface area (Å²) in [6.45, 7) is 7.17. The minimum absolute atomic E-state index is 0.00881. The molecule has 2 atom stereocenters. The van der Waals surface area contributed by atoms with Gasteiger partial charge in [0.2, 0.25) is 11.8 Å². The lowest BCUT2D eigenvalue weighted by Crippen LogP contribution is -2.53. The molecule has 3 aromatic rings. The highest BCUT2D eigenvalue weighted by Crippen LogP contribution is 2.33. The van der Waals surface area contributed by atoms with Crippen molar-refractivity contribution in [1.29, 1.82) is 0 Å². The molecule has 3 rings (SSSR count). The number of amides is 2. The second-order valence-corrected chi connectivity index (χ2v) is 12.4. The van der Waals surface area contributed by atoms with Crippen molar-refractivity contribution in [3.8, 4) is 0 Å². The van der Waals surface area contributed by atoms with E-state index in [-0.39, 0.29) is 39.1 Å². The summed E-state index contributed by atoms with van der Waals surface area (Å²) in [6, 6.07) is 19.0. The van der Waals surface area contributed by atoms with E-state index >= 15 is 0 Å². The van der Waals surface area contributed by atoms with Crippen LogP contribution in [-0.4, -0.2) is 43.8 Å². The average molecular weight is 605 g/mol. The Morgan fingerprint density at radius 3 is 2.17 bits per heavy atom. The number of halogens is 2. The molecule has 0 aliphatic carbocycles. The topological polar surface area (TPSA) is 86.8 Å². The SMILES string of the molecule is CC[C@H](C(=O)N[C@@H](C)CC)N(Cc1ccc(C)cc1)C(=O)CN(c1cc(Cl)ccc1Cl)S(=O)(=O)c1ccccc1. The van der Waals surface area contributed by atoms with Crippen molar-refractivity contribution in [2.45, 2.75) is 64.1 Å². The fraction of sp³-hybridized carbons (Fsp3) is 0.333. The highest BCUT2D eigenvalue weighted by atomic mass is 35.5. The van der Waals surface area contributed by atoms with Gasteiger partial charge in [0.1, 0.15) is 12.6 Å². The second-order valence-electron chi connectivity index (χ2n) is 9.67. The maximum atomic E-state index is 14.1. The third-order valence-electron chi connectivity index (χ3n) is 6.65. The maximum absolute atomic E-state index is 14.1. The zero-order chi connectivity index (χ0) is 29.4. The molecule has 0 aromatic heterocycles. The highest BCUT2D eigenvalue weighted by Gasteiger charge is 2.34. The molecule has 10 heteroatoms. The first-order chi connectivity index (χ1) is 19.0. The third kappa shape index (κ3) is 7.77. The second kappa shape index (κ2) is 14.0. The van der Waals surface area contributed by atoms with E-state index in [0.717, 1.165) is 21.9 Å². The first-order valence-electron chi connectivity index (χ1n) is 13.2. The van der Waals surface area contributed by atoms with Crippen LogP contribution in [0.5, 0.6) is 0 Å². The molecule has 0 radical (unpaired) electrons. The van der Waals surface area contributed by atoms with Gasteiger partial charge in [-0.2, -0.15) is 0 Å². The van der Waals surface area contributed by atoms with Gasteiger partial charge in [-0.1, -0.05) is 85.1 Å². The lowest BCUT2D eigenvalue weighted by molar-refractivity contribution is -0.140. The van der Waals surface area contributed by atoms with Gasteiger partial charge in [0.05, 0.1) is 15.6 Å². The van der Waals surface area contributed by atoms with Crippen LogP contribution in [0, 0.1) is 6.92 Å². The molecule has 0 unspecified atom stereocenters. The molecular weight excluding hydrogens is 569 g/mol. The molecule has 0 bridgehead atoms. The zero-order valence-electron chi connectivity index (χ0n) is 23.1. The number of rotatable bonds is 12. The standard InChI is InChI=1S/C30H35Cl2N3O4S/c1-5-22(4)33-30(37)27(6-2)34(19-23-14-12-21(3)13-15-23)29(36)20-35(28-18-24(31)16-17-26(28)32)40(38,39)25-10-8-7-9-11-25/h7-18,22,27H,5-6,19-20H2,1-4H3,(H,33,37)/t22-,27+/m0/s1. The predicted molar refractivity (Wildman–Crippen MR) is 161 cm³/mol. The molecule has 0 fully saturated rings. The van der Waals surface area contributed by atoms with Gasteiger partial charge >= 0.3 is 0 Å². The van der Waals surface area contributed by atoms with Gasteiger partial charge in [0.15, 0.2) is 0 Å². The molecule has 40 heavy (non-hydrogen) atoms. The van der Waals surface area contributed by atoms with E-state index < -0.39 is 28.5 Å². The normalized spacial score (nSPS) is 12.8. The lowest BCUT2D eigenvalue weighted by atomic mass is 10.1. The smallest absolute Gasteiger partial charge is 0.264 e. The van der Waals surface area contributed by atoms with Crippen LogP contribution in [0.2, 0.25) is 10.0 Å². The highest BCUT2D eigenvalue weighted by molar-refractivity contribution is 7.92.